The number of carbonyl (C=O) groups excluding carboxylic acids is 1. The number of nitriles is 1. The van der Waals surface area contributed by atoms with Crippen LogP contribution >= 0.6 is 0 Å². The molecule has 0 bridgehead atoms. The van der Waals surface area contributed by atoms with Crippen LogP contribution < -0.4 is 5.32 Å². The highest BCUT2D eigenvalue weighted by atomic mass is 16.1. The van der Waals surface area contributed by atoms with Crippen molar-refractivity contribution in [3.05, 3.63) is 0 Å². The Kier molecular flexibility index (Phi) is 3.79. The Labute approximate surface area is 96.6 Å². The molecule has 1 amide bonds. The van der Waals surface area contributed by atoms with Crippen molar-refractivity contribution in [3.63, 3.8) is 0 Å². The first kappa shape index (κ1) is 11.4. The third-order valence-electron chi connectivity index (χ3n) is 3.33. The maximum absolute atomic E-state index is 11.5. The number of nitrogens with one attached hydrogen (secondary N) is 1. The maximum atomic E-state index is 11.5. The van der Waals surface area contributed by atoms with E-state index in [2.05, 4.69) is 16.3 Å². The van der Waals surface area contributed by atoms with Crippen molar-refractivity contribution in [3.8, 4) is 6.07 Å². The number of amides is 1. The molecule has 1 aliphatic carbocycles. The summed E-state index contributed by atoms with van der Waals surface area (Å²) >= 11 is 0. The Morgan fingerprint density at radius 3 is 2.88 bits per heavy atom. The number of hydrogen-bond donors (Lipinski definition) is 1. The van der Waals surface area contributed by atoms with E-state index in [0.717, 1.165) is 45.2 Å². The number of carbonyl (C=O) groups is 1. The quantitative estimate of drug-likeness (QED) is 0.771. The fourth-order valence-electron chi connectivity index (χ4n) is 2.18. The monoisotopic (exact) mass is 221 g/mol. The van der Waals surface area contributed by atoms with E-state index in [-0.39, 0.29) is 11.9 Å². The molecule has 1 heterocycles. The fourth-order valence-corrected chi connectivity index (χ4v) is 2.18. The van der Waals surface area contributed by atoms with E-state index in [9.17, 15) is 4.79 Å². The molecule has 1 aliphatic heterocycles. The van der Waals surface area contributed by atoms with E-state index >= 15 is 0 Å². The predicted octanol–water partition coefficient (Wildman–Crippen LogP) is 1.03. The standard InChI is InChI=1S/C12H19N3O/c13-9-11-3-1-2-7-15(11)8-6-12(16)14-10-4-5-10/h10-11H,1-8H2,(H,14,16). The summed E-state index contributed by atoms with van der Waals surface area (Å²) in [5.74, 6) is 0.143. The van der Waals surface area contributed by atoms with E-state index in [1.807, 2.05) is 0 Å². The Morgan fingerprint density at radius 1 is 1.38 bits per heavy atom. The highest BCUT2D eigenvalue weighted by molar-refractivity contribution is 5.76. The minimum absolute atomic E-state index is 0.0301. The molecule has 0 radical (unpaired) electrons. The molecule has 1 unspecified atom stereocenters. The molecule has 1 atom stereocenters. The van der Waals surface area contributed by atoms with Crippen molar-refractivity contribution in [2.24, 2.45) is 0 Å². The van der Waals surface area contributed by atoms with Crippen molar-refractivity contribution >= 4 is 5.91 Å². The molecule has 4 nitrogen and oxygen atoms in total. The number of nitrogens with zero attached hydrogens (tertiary/aromatic N) is 2. The topological polar surface area (TPSA) is 56.1 Å². The largest absolute Gasteiger partial charge is 0.353 e. The highest BCUT2D eigenvalue weighted by Crippen LogP contribution is 2.19. The van der Waals surface area contributed by atoms with Crippen LogP contribution in [0.25, 0.3) is 0 Å². The SMILES string of the molecule is N#CC1CCCCN1CCC(=O)NC1CC1. The lowest BCUT2D eigenvalue weighted by Crippen LogP contribution is -2.41. The minimum atomic E-state index is 0.0301. The smallest absolute Gasteiger partial charge is 0.221 e. The predicted molar refractivity (Wildman–Crippen MR) is 60.6 cm³/mol. The lowest BCUT2D eigenvalue weighted by Gasteiger charge is -2.30. The highest BCUT2D eigenvalue weighted by Gasteiger charge is 2.25. The van der Waals surface area contributed by atoms with E-state index in [1.165, 1.54) is 0 Å². The molecule has 0 spiro atoms. The second-order valence-electron chi connectivity index (χ2n) is 4.77. The Morgan fingerprint density at radius 2 is 2.19 bits per heavy atom. The molecule has 0 aromatic rings. The molecule has 1 saturated heterocycles. The van der Waals surface area contributed by atoms with Crippen molar-refractivity contribution in [1.82, 2.24) is 10.2 Å². The third kappa shape index (κ3) is 3.21. The summed E-state index contributed by atoms with van der Waals surface area (Å²) in [6.07, 6.45) is 6.06. The lowest BCUT2D eigenvalue weighted by molar-refractivity contribution is -0.121. The van der Waals surface area contributed by atoms with E-state index in [0.29, 0.717) is 12.5 Å². The lowest BCUT2D eigenvalue weighted by atomic mass is 10.0. The number of likely N-dealkylation sites (tertiary alicyclic amines) is 1. The van der Waals surface area contributed by atoms with Gasteiger partial charge in [0, 0.05) is 19.0 Å². The first-order valence-corrected chi connectivity index (χ1v) is 6.22. The van der Waals surface area contributed by atoms with Crippen molar-refractivity contribution in [2.45, 2.75) is 50.6 Å². The van der Waals surface area contributed by atoms with Crippen LogP contribution in [0.4, 0.5) is 0 Å². The van der Waals surface area contributed by atoms with E-state index < -0.39 is 0 Å². The summed E-state index contributed by atoms with van der Waals surface area (Å²) in [5, 5.41) is 12.0. The molecule has 1 N–H and O–H groups in total. The zero-order valence-electron chi connectivity index (χ0n) is 9.61. The average molecular weight is 221 g/mol. The van der Waals surface area contributed by atoms with Gasteiger partial charge in [0.05, 0.1) is 12.1 Å². The van der Waals surface area contributed by atoms with Gasteiger partial charge in [0.15, 0.2) is 0 Å². The van der Waals surface area contributed by atoms with Gasteiger partial charge in [-0.05, 0) is 38.6 Å². The summed E-state index contributed by atoms with van der Waals surface area (Å²) in [7, 11) is 0. The Balaban J connectivity index is 1.70. The number of piperidine rings is 1. The van der Waals surface area contributed by atoms with E-state index in [1.54, 1.807) is 0 Å². The van der Waals surface area contributed by atoms with Crippen LogP contribution in [-0.2, 0) is 4.79 Å². The first-order valence-electron chi connectivity index (χ1n) is 6.22. The average Bonchev–Trinajstić information content (AvgIpc) is 3.10. The molecule has 16 heavy (non-hydrogen) atoms. The van der Waals surface area contributed by atoms with Crippen LogP contribution in [0.1, 0.15) is 38.5 Å². The second-order valence-corrected chi connectivity index (χ2v) is 4.77. The van der Waals surface area contributed by atoms with Gasteiger partial charge in [0.2, 0.25) is 5.91 Å². The van der Waals surface area contributed by atoms with Crippen molar-refractivity contribution in [1.29, 1.82) is 5.26 Å². The van der Waals surface area contributed by atoms with Crippen molar-refractivity contribution in [2.75, 3.05) is 13.1 Å². The zero-order valence-corrected chi connectivity index (χ0v) is 9.61. The Hall–Kier alpha value is -1.08. The maximum Gasteiger partial charge on any atom is 0.221 e. The van der Waals surface area contributed by atoms with Crippen LogP contribution in [0.15, 0.2) is 0 Å². The van der Waals surface area contributed by atoms with Crippen LogP contribution in [-0.4, -0.2) is 36.0 Å². The molecular weight excluding hydrogens is 202 g/mol. The van der Waals surface area contributed by atoms with Crippen LogP contribution in [0.3, 0.4) is 0 Å². The Bertz CT molecular complexity index is 293. The molecule has 4 heteroatoms. The molecule has 2 aliphatic rings. The summed E-state index contributed by atoms with van der Waals surface area (Å²) < 4.78 is 0. The van der Waals surface area contributed by atoms with Gasteiger partial charge in [-0.3, -0.25) is 9.69 Å². The summed E-state index contributed by atoms with van der Waals surface area (Å²) in [6, 6.07) is 2.80. The zero-order chi connectivity index (χ0) is 11.4. The van der Waals surface area contributed by atoms with Crippen molar-refractivity contribution < 1.29 is 4.79 Å². The van der Waals surface area contributed by atoms with E-state index in [4.69, 9.17) is 5.26 Å². The van der Waals surface area contributed by atoms with Gasteiger partial charge in [0.1, 0.15) is 0 Å². The third-order valence-corrected chi connectivity index (χ3v) is 3.33. The van der Waals surface area contributed by atoms with Crippen LogP contribution in [0.5, 0.6) is 0 Å². The molecule has 2 fully saturated rings. The van der Waals surface area contributed by atoms with Gasteiger partial charge in [-0.1, -0.05) is 0 Å². The molecule has 1 saturated carbocycles. The molecule has 2 rings (SSSR count). The first-order chi connectivity index (χ1) is 7.79. The number of rotatable bonds is 4. The summed E-state index contributed by atoms with van der Waals surface area (Å²) in [4.78, 5) is 13.7. The van der Waals surface area contributed by atoms with Crippen LogP contribution in [0, 0.1) is 11.3 Å². The minimum Gasteiger partial charge on any atom is -0.353 e. The van der Waals surface area contributed by atoms with Crippen LogP contribution in [0.2, 0.25) is 0 Å². The normalized spacial score (nSPS) is 26.1. The fraction of sp³-hybridized carbons (Fsp3) is 0.833. The number of hydrogen-bond acceptors (Lipinski definition) is 3. The van der Waals surface area contributed by atoms with Gasteiger partial charge >= 0.3 is 0 Å². The van der Waals surface area contributed by atoms with Gasteiger partial charge < -0.3 is 5.32 Å². The molecule has 88 valence electrons. The van der Waals surface area contributed by atoms with Gasteiger partial charge in [-0.15, -0.1) is 0 Å². The van der Waals surface area contributed by atoms with Gasteiger partial charge in [-0.2, -0.15) is 5.26 Å². The molecular formula is C12H19N3O. The second kappa shape index (κ2) is 5.31. The molecule has 0 aromatic carbocycles. The molecule has 0 aromatic heterocycles. The summed E-state index contributed by atoms with van der Waals surface area (Å²) in [6.45, 7) is 1.70. The summed E-state index contributed by atoms with van der Waals surface area (Å²) in [5.41, 5.74) is 0. The van der Waals surface area contributed by atoms with Gasteiger partial charge in [-0.25, -0.2) is 0 Å². The van der Waals surface area contributed by atoms with Gasteiger partial charge in [0.25, 0.3) is 0 Å².